The molecule has 0 atom stereocenters. The lowest BCUT2D eigenvalue weighted by molar-refractivity contribution is -0.126. The highest BCUT2D eigenvalue weighted by atomic mass is 16.7. The van der Waals surface area contributed by atoms with Crippen LogP contribution in [0.4, 0.5) is 5.69 Å². The highest BCUT2D eigenvalue weighted by molar-refractivity contribution is 6.15. The highest BCUT2D eigenvalue weighted by Crippen LogP contribution is 2.36. The predicted molar refractivity (Wildman–Crippen MR) is 104 cm³/mol. The Hall–Kier alpha value is -3.35. The topological polar surface area (TPSA) is 89.5 Å². The maximum atomic E-state index is 11.6. The van der Waals surface area contributed by atoms with Gasteiger partial charge in [-0.2, -0.15) is 5.10 Å². The van der Waals surface area contributed by atoms with E-state index >= 15 is 0 Å². The van der Waals surface area contributed by atoms with Crippen LogP contribution >= 0.6 is 0 Å². The van der Waals surface area contributed by atoms with Crippen LogP contribution in [0.1, 0.15) is 23.6 Å². The largest absolute Gasteiger partial charge is 0.454 e. The van der Waals surface area contributed by atoms with Crippen LogP contribution in [0.5, 0.6) is 11.5 Å². The van der Waals surface area contributed by atoms with Gasteiger partial charge in [-0.3, -0.25) is 4.79 Å². The molecule has 4 rings (SSSR count). The maximum Gasteiger partial charge on any atom is 0.231 e. The molecule has 0 fully saturated rings. The lowest BCUT2D eigenvalue weighted by Crippen LogP contribution is -2.30. The molecule has 0 saturated carbocycles. The number of rotatable bonds is 3. The summed E-state index contributed by atoms with van der Waals surface area (Å²) in [5.41, 5.74) is 10.9. The molecular formula is C20H20N4O3. The van der Waals surface area contributed by atoms with Crippen LogP contribution in [-0.2, 0) is 11.2 Å². The maximum absolute atomic E-state index is 11.6. The Morgan fingerprint density at radius 2 is 1.85 bits per heavy atom. The van der Waals surface area contributed by atoms with Gasteiger partial charge in [0.15, 0.2) is 11.5 Å². The molecule has 2 N–H and O–H groups in total. The zero-order valence-corrected chi connectivity index (χ0v) is 15.2. The van der Waals surface area contributed by atoms with E-state index in [1.807, 2.05) is 36.4 Å². The molecule has 0 spiro atoms. The van der Waals surface area contributed by atoms with E-state index in [4.69, 9.17) is 15.2 Å². The molecule has 0 unspecified atom stereocenters. The van der Waals surface area contributed by atoms with Crippen LogP contribution in [0.25, 0.3) is 0 Å². The Morgan fingerprint density at radius 1 is 1.15 bits per heavy atom. The molecule has 2 heterocycles. The van der Waals surface area contributed by atoms with Gasteiger partial charge in [0, 0.05) is 37.2 Å². The molecule has 0 bridgehead atoms. The number of anilines is 1. The molecular weight excluding hydrogens is 344 g/mol. The van der Waals surface area contributed by atoms with Crippen LogP contribution < -0.4 is 15.2 Å². The second-order valence-electron chi connectivity index (χ2n) is 6.65. The first-order chi connectivity index (χ1) is 13.0. The van der Waals surface area contributed by atoms with Gasteiger partial charge in [0.25, 0.3) is 0 Å². The third kappa shape index (κ3) is 3.36. The second kappa shape index (κ2) is 6.75. The summed E-state index contributed by atoms with van der Waals surface area (Å²) in [5, 5.41) is 8.95. The van der Waals surface area contributed by atoms with Crippen LogP contribution in [0.3, 0.4) is 0 Å². The van der Waals surface area contributed by atoms with E-state index in [9.17, 15) is 4.79 Å². The molecule has 0 saturated heterocycles. The average Bonchev–Trinajstić information content (AvgIpc) is 3.02. The monoisotopic (exact) mass is 364 g/mol. The molecule has 7 nitrogen and oxygen atoms in total. The standard InChI is InChI=1S/C20H20N4O3/c1-12(25)24(2)10-16-7-14-8-18-19(27-11-26-18)9-17(14)20(23-22-16)13-3-5-15(21)6-4-13/h3-6,8-9H,7,10-11,21H2,1-2H3. The van der Waals surface area contributed by atoms with Crippen LogP contribution in [0.2, 0.25) is 0 Å². The van der Waals surface area contributed by atoms with Gasteiger partial charge in [-0.25, -0.2) is 0 Å². The van der Waals surface area contributed by atoms with Crippen molar-refractivity contribution in [2.45, 2.75) is 13.3 Å². The number of nitrogens with two attached hydrogens (primary N) is 1. The van der Waals surface area contributed by atoms with E-state index in [0.29, 0.717) is 30.2 Å². The molecule has 7 heteroatoms. The first-order valence-electron chi connectivity index (χ1n) is 8.65. The van der Waals surface area contributed by atoms with Crippen molar-refractivity contribution in [3.63, 3.8) is 0 Å². The summed E-state index contributed by atoms with van der Waals surface area (Å²) < 4.78 is 11.1. The number of amides is 1. The Kier molecular flexibility index (Phi) is 4.27. The summed E-state index contributed by atoms with van der Waals surface area (Å²) in [7, 11) is 1.75. The highest BCUT2D eigenvalue weighted by Gasteiger charge is 2.24. The number of hydrogen-bond donors (Lipinski definition) is 1. The molecule has 0 aliphatic carbocycles. The molecule has 2 aromatic rings. The van der Waals surface area contributed by atoms with Gasteiger partial charge in [0.05, 0.1) is 12.3 Å². The van der Waals surface area contributed by atoms with Gasteiger partial charge in [-0.15, -0.1) is 5.10 Å². The first kappa shape index (κ1) is 17.1. The fraction of sp³-hybridized carbons (Fsp3) is 0.250. The lowest BCUT2D eigenvalue weighted by Gasteiger charge is -2.16. The van der Waals surface area contributed by atoms with E-state index in [0.717, 1.165) is 28.1 Å². The fourth-order valence-electron chi connectivity index (χ4n) is 3.11. The second-order valence-corrected chi connectivity index (χ2v) is 6.65. The first-order valence-corrected chi connectivity index (χ1v) is 8.65. The summed E-state index contributed by atoms with van der Waals surface area (Å²) >= 11 is 0. The predicted octanol–water partition coefficient (Wildman–Crippen LogP) is 2.23. The Balaban J connectivity index is 1.80. The van der Waals surface area contributed by atoms with Gasteiger partial charge in [0.1, 0.15) is 5.71 Å². The van der Waals surface area contributed by atoms with Crippen molar-refractivity contribution in [2.24, 2.45) is 10.2 Å². The molecule has 27 heavy (non-hydrogen) atoms. The van der Waals surface area contributed by atoms with E-state index < -0.39 is 0 Å². The number of carbonyl (C=O) groups excluding carboxylic acids is 1. The third-order valence-electron chi connectivity index (χ3n) is 4.68. The summed E-state index contributed by atoms with van der Waals surface area (Å²) in [6, 6.07) is 11.4. The van der Waals surface area contributed by atoms with E-state index in [2.05, 4.69) is 10.2 Å². The molecule has 0 radical (unpaired) electrons. The fourth-order valence-corrected chi connectivity index (χ4v) is 3.11. The van der Waals surface area contributed by atoms with Crippen molar-refractivity contribution in [3.8, 4) is 11.5 Å². The Bertz CT molecular complexity index is 964. The minimum absolute atomic E-state index is 0.0180. The van der Waals surface area contributed by atoms with Crippen molar-refractivity contribution >= 4 is 23.0 Å². The van der Waals surface area contributed by atoms with E-state index in [1.165, 1.54) is 6.92 Å². The number of hydrogen-bond acceptors (Lipinski definition) is 6. The number of nitrogen functional groups attached to an aromatic ring is 1. The SMILES string of the molecule is CC(=O)N(C)CC1=NN=C(c2ccc(N)cc2)c2cc3c(cc2C1)OCO3. The molecule has 2 aromatic carbocycles. The normalized spacial score (nSPS) is 14.7. The number of nitrogens with zero attached hydrogens (tertiary/aromatic N) is 3. The van der Waals surface area contributed by atoms with Crippen molar-refractivity contribution in [3.05, 3.63) is 53.1 Å². The van der Waals surface area contributed by atoms with Crippen molar-refractivity contribution in [2.75, 3.05) is 26.1 Å². The van der Waals surface area contributed by atoms with Crippen LogP contribution in [0.15, 0.2) is 46.6 Å². The summed E-state index contributed by atoms with van der Waals surface area (Å²) in [5.74, 6) is 1.39. The summed E-state index contributed by atoms with van der Waals surface area (Å²) in [4.78, 5) is 13.2. The van der Waals surface area contributed by atoms with Gasteiger partial charge < -0.3 is 20.1 Å². The Morgan fingerprint density at radius 3 is 2.56 bits per heavy atom. The lowest BCUT2D eigenvalue weighted by atomic mass is 9.94. The van der Waals surface area contributed by atoms with Gasteiger partial charge in [-0.1, -0.05) is 12.1 Å². The Labute approximate surface area is 157 Å². The zero-order chi connectivity index (χ0) is 19.0. The van der Waals surface area contributed by atoms with Gasteiger partial charge in [0.2, 0.25) is 12.7 Å². The van der Waals surface area contributed by atoms with E-state index in [-0.39, 0.29) is 12.7 Å². The average molecular weight is 364 g/mol. The third-order valence-corrected chi connectivity index (χ3v) is 4.68. The molecule has 138 valence electrons. The summed E-state index contributed by atoms with van der Waals surface area (Å²) in [6.07, 6.45) is 0.575. The molecule has 2 aliphatic heterocycles. The number of fused-ring (bicyclic) bond motifs is 2. The smallest absolute Gasteiger partial charge is 0.231 e. The number of carbonyl (C=O) groups is 1. The van der Waals surface area contributed by atoms with E-state index in [1.54, 1.807) is 11.9 Å². The minimum atomic E-state index is -0.0180. The summed E-state index contributed by atoms with van der Waals surface area (Å²) in [6.45, 7) is 2.16. The van der Waals surface area contributed by atoms with Crippen molar-refractivity contribution in [1.82, 2.24) is 4.90 Å². The van der Waals surface area contributed by atoms with Gasteiger partial charge in [-0.05, 0) is 29.8 Å². The quantitative estimate of drug-likeness (QED) is 0.846. The zero-order valence-electron chi connectivity index (χ0n) is 15.2. The van der Waals surface area contributed by atoms with Crippen LogP contribution in [-0.4, -0.2) is 42.6 Å². The molecule has 2 aliphatic rings. The number of ether oxygens (including phenoxy) is 2. The van der Waals surface area contributed by atoms with Crippen molar-refractivity contribution < 1.29 is 14.3 Å². The number of benzene rings is 2. The van der Waals surface area contributed by atoms with Crippen molar-refractivity contribution in [1.29, 1.82) is 0 Å². The minimum Gasteiger partial charge on any atom is -0.454 e. The van der Waals surface area contributed by atoms with Gasteiger partial charge >= 0.3 is 0 Å². The molecule has 1 amide bonds. The molecule has 0 aromatic heterocycles. The van der Waals surface area contributed by atoms with Crippen LogP contribution in [0, 0.1) is 0 Å².